The maximum absolute atomic E-state index is 11.8. The van der Waals surface area contributed by atoms with Crippen molar-refractivity contribution in [1.82, 2.24) is 0 Å². The van der Waals surface area contributed by atoms with Crippen LogP contribution in [0.15, 0.2) is 53.0 Å². The average Bonchev–Trinajstić information content (AvgIpc) is 2.47. The molecule has 0 aliphatic rings. The highest BCUT2D eigenvalue weighted by Crippen LogP contribution is 2.28. The average molecular weight is 350 g/mol. The summed E-state index contributed by atoms with van der Waals surface area (Å²) in [5, 5.41) is 12.5. The van der Waals surface area contributed by atoms with Crippen LogP contribution in [0.3, 0.4) is 0 Å². The quantitative estimate of drug-likeness (QED) is 0.868. The molecule has 0 saturated heterocycles. The summed E-state index contributed by atoms with van der Waals surface area (Å²) in [4.78, 5) is 11.8. The van der Waals surface area contributed by atoms with Gasteiger partial charge in [-0.2, -0.15) is 0 Å². The van der Waals surface area contributed by atoms with Gasteiger partial charge in [0.1, 0.15) is 5.75 Å². The van der Waals surface area contributed by atoms with E-state index in [1.807, 2.05) is 18.2 Å². The topological polar surface area (TPSA) is 58.6 Å². The number of hydrogen-bond acceptors (Lipinski definition) is 3. The molecule has 0 aromatic heterocycles. The number of ether oxygens (including phenoxy) is 1. The number of anilines is 1. The molecule has 0 aliphatic heterocycles. The van der Waals surface area contributed by atoms with Crippen molar-refractivity contribution >= 4 is 27.5 Å². The number of halogens is 1. The van der Waals surface area contributed by atoms with Gasteiger partial charge in [0.2, 0.25) is 0 Å². The summed E-state index contributed by atoms with van der Waals surface area (Å²) in [7, 11) is 0. The number of carbonyl (C=O) groups excluding carboxylic acids is 1. The molecule has 2 aromatic rings. The normalized spacial score (nSPS) is 11.8. The second-order valence-corrected chi connectivity index (χ2v) is 5.48. The number of hydrogen-bond donors (Lipinski definition) is 2. The lowest BCUT2D eigenvalue weighted by Crippen LogP contribution is -2.20. The fourth-order valence-corrected chi connectivity index (χ4v) is 2.22. The first-order valence-corrected chi connectivity index (χ1v) is 7.31. The van der Waals surface area contributed by atoms with Crippen LogP contribution in [0.1, 0.15) is 18.6 Å². The summed E-state index contributed by atoms with van der Waals surface area (Å²) in [6, 6.07) is 14.5. The number of carbonyl (C=O) groups is 1. The van der Waals surface area contributed by atoms with Gasteiger partial charge in [-0.1, -0.05) is 34.1 Å². The molecular weight excluding hydrogens is 334 g/mol. The lowest BCUT2D eigenvalue weighted by molar-refractivity contribution is -0.118. The number of rotatable bonds is 5. The molecule has 0 radical (unpaired) electrons. The standard InChI is InChI=1S/C16H16BrNO3/c1-11(19)14-9-12(17)7-8-15(14)21-10-16(20)18-13-5-3-2-4-6-13/h2-9,11,19H,10H2,1H3,(H,18,20). The SMILES string of the molecule is CC(O)c1cc(Br)ccc1OCC(=O)Nc1ccccc1. The Morgan fingerprint density at radius 3 is 2.67 bits per heavy atom. The minimum atomic E-state index is -0.672. The molecule has 5 heteroatoms. The second-order valence-electron chi connectivity index (χ2n) is 4.56. The van der Waals surface area contributed by atoms with Crippen molar-refractivity contribution < 1.29 is 14.6 Å². The van der Waals surface area contributed by atoms with Crippen LogP contribution in [0.5, 0.6) is 5.75 Å². The van der Waals surface area contributed by atoms with Crippen molar-refractivity contribution in [3.8, 4) is 5.75 Å². The maximum Gasteiger partial charge on any atom is 0.262 e. The fraction of sp³-hybridized carbons (Fsp3) is 0.188. The van der Waals surface area contributed by atoms with Crippen LogP contribution in [0.25, 0.3) is 0 Å². The zero-order valence-electron chi connectivity index (χ0n) is 11.5. The van der Waals surface area contributed by atoms with Gasteiger partial charge >= 0.3 is 0 Å². The van der Waals surface area contributed by atoms with Crippen molar-refractivity contribution in [3.63, 3.8) is 0 Å². The highest BCUT2D eigenvalue weighted by molar-refractivity contribution is 9.10. The highest BCUT2D eigenvalue weighted by Gasteiger charge is 2.11. The van der Waals surface area contributed by atoms with Crippen molar-refractivity contribution in [2.45, 2.75) is 13.0 Å². The minimum Gasteiger partial charge on any atom is -0.483 e. The number of para-hydroxylation sites is 1. The number of aliphatic hydroxyl groups is 1. The van der Waals surface area contributed by atoms with Gasteiger partial charge in [-0.15, -0.1) is 0 Å². The number of nitrogens with one attached hydrogen (secondary N) is 1. The van der Waals surface area contributed by atoms with Gasteiger partial charge in [-0.05, 0) is 37.3 Å². The van der Waals surface area contributed by atoms with Crippen molar-refractivity contribution in [2.75, 3.05) is 11.9 Å². The Morgan fingerprint density at radius 2 is 2.00 bits per heavy atom. The maximum atomic E-state index is 11.8. The van der Waals surface area contributed by atoms with Crippen molar-refractivity contribution in [1.29, 1.82) is 0 Å². The van der Waals surface area contributed by atoms with E-state index < -0.39 is 6.10 Å². The van der Waals surface area contributed by atoms with Gasteiger partial charge in [0, 0.05) is 15.7 Å². The zero-order chi connectivity index (χ0) is 15.2. The summed E-state index contributed by atoms with van der Waals surface area (Å²) in [6.45, 7) is 1.54. The first kappa shape index (κ1) is 15.5. The van der Waals surface area contributed by atoms with Gasteiger partial charge in [0.25, 0.3) is 5.91 Å². The second kappa shape index (κ2) is 7.24. The van der Waals surface area contributed by atoms with Gasteiger partial charge in [0.05, 0.1) is 6.10 Å². The molecule has 2 N–H and O–H groups in total. The van der Waals surface area contributed by atoms with E-state index in [9.17, 15) is 9.90 Å². The van der Waals surface area contributed by atoms with Crippen molar-refractivity contribution in [2.24, 2.45) is 0 Å². The van der Waals surface area contributed by atoms with Crippen LogP contribution in [0.2, 0.25) is 0 Å². The molecule has 1 atom stereocenters. The Morgan fingerprint density at radius 1 is 1.29 bits per heavy atom. The first-order valence-electron chi connectivity index (χ1n) is 6.51. The van der Waals surface area contributed by atoms with Crippen LogP contribution in [0.4, 0.5) is 5.69 Å². The summed E-state index contributed by atoms with van der Waals surface area (Å²) in [5.41, 5.74) is 1.36. The Hall–Kier alpha value is -1.85. The van der Waals surface area contributed by atoms with Crippen LogP contribution in [0, 0.1) is 0 Å². The zero-order valence-corrected chi connectivity index (χ0v) is 13.1. The molecule has 4 nitrogen and oxygen atoms in total. The van der Waals surface area contributed by atoms with Crippen LogP contribution < -0.4 is 10.1 Å². The summed E-state index contributed by atoms with van der Waals surface area (Å²) in [5.74, 6) is 0.247. The first-order chi connectivity index (χ1) is 10.1. The number of amides is 1. The van der Waals surface area contributed by atoms with Crippen LogP contribution >= 0.6 is 15.9 Å². The van der Waals surface area contributed by atoms with E-state index >= 15 is 0 Å². The molecular formula is C16H16BrNO3. The fourth-order valence-electron chi connectivity index (χ4n) is 1.84. The Balaban J connectivity index is 1.98. The highest BCUT2D eigenvalue weighted by atomic mass is 79.9. The monoisotopic (exact) mass is 349 g/mol. The molecule has 0 aliphatic carbocycles. The molecule has 0 spiro atoms. The predicted molar refractivity (Wildman–Crippen MR) is 85.3 cm³/mol. The molecule has 2 rings (SSSR count). The molecule has 110 valence electrons. The summed E-state index contributed by atoms with van der Waals surface area (Å²) >= 11 is 3.34. The van der Waals surface area contributed by atoms with Gasteiger partial charge < -0.3 is 15.2 Å². The summed E-state index contributed by atoms with van der Waals surface area (Å²) < 4.78 is 6.34. The third-order valence-electron chi connectivity index (χ3n) is 2.84. The van der Waals surface area contributed by atoms with E-state index in [2.05, 4.69) is 21.2 Å². The molecule has 0 fully saturated rings. The molecule has 0 heterocycles. The Bertz CT molecular complexity index is 614. The molecule has 1 unspecified atom stereocenters. The van der Waals surface area contributed by atoms with Crippen molar-refractivity contribution in [3.05, 3.63) is 58.6 Å². The van der Waals surface area contributed by atoms with Gasteiger partial charge in [-0.25, -0.2) is 0 Å². The summed E-state index contributed by atoms with van der Waals surface area (Å²) in [6.07, 6.45) is -0.672. The molecule has 2 aromatic carbocycles. The van der Waals surface area contributed by atoms with Gasteiger partial charge in [0.15, 0.2) is 6.61 Å². The lowest BCUT2D eigenvalue weighted by Gasteiger charge is -2.14. The van der Waals surface area contributed by atoms with Gasteiger partial charge in [-0.3, -0.25) is 4.79 Å². The van der Waals surface area contributed by atoms with E-state index in [-0.39, 0.29) is 12.5 Å². The largest absolute Gasteiger partial charge is 0.483 e. The smallest absolute Gasteiger partial charge is 0.262 e. The van der Waals surface area contributed by atoms with E-state index in [0.717, 1.165) is 10.2 Å². The van der Waals surface area contributed by atoms with Crippen LogP contribution in [-0.4, -0.2) is 17.6 Å². The Labute approximate surface area is 131 Å². The Kier molecular flexibility index (Phi) is 5.36. The van der Waals surface area contributed by atoms with E-state index in [4.69, 9.17) is 4.74 Å². The molecule has 0 saturated carbocycles. The van der Waals surface area contributed by atoms with E-state index in [1.165, 1.54) is 0 Å². The van der Waals surface area contributed by atoms with Crippen LogP contribution in [-0.2, 0) is 4.79 Å². The molecule has 0 bridgehead atoms. The third-order valence-corrected chi connectivity index (χ3v) is 3.33. The molecule has 21 heavy (non-hydrogen) atoms. The number of aliphatic hydroxyl groups excluding tert-OH is 1. The van der Waals surface area contributed by atoms with E-state index in [1.54, 1.807) is 37.3 Å². The lowest BCUT2D eigenvalue weighted by atomic mass is 10.1. The predicted octanol–water partition coefficient (Wildman–Crippen LogP) is 3.52. The number of benzene rings is 2. The minimum absolute atomic E-state index is 0.115. The molecule has 1 amide bonds. The third kappa shape index (κ3) is 4.58. The van der Waals surface area contributed by atoms with E-state index in [0.29, 0.717) is 11.3 Å².